The van der Waals surface area contributed by atoms with Crippen molar-refractivity contribution in [1.29, 1.82) is 0 Å². The van der Waals surface area contributed by atoms with Crippen LogP contribution in [0.25, 0.3) is 0 Å². The molecule has 2 heterocycles. The normalized spacial score (nSPS) is 13.7. The molecule has 3 aromatic rings. The minimum absolute atomic E-state index is 0.0273. The molecule has 4 rings (SSSR count). The Morgan fingerprint density at radius 1 is 1.00 bits per heavy atom. The Labute approximate surface area is 200 Å². The van der Waals surface area contributed by atoms with Crippen LogP contribution in [0.2, 0.25) is 5.02 Å². The molecule has 8 heteroatoms. The van der Waals surface area contributed by atoms with Crippen molar-refractivity contribution in [3.63, 3.8) is 0 Å². The van der Waals surface area contributed by atoms with Crippen LogP contribution in [0.5, 0.6) is 0 Å². The standard InChI is InChI=1S/C24H22BrClN4O2/c1-16-5-7-17(8-6-16)24(32)30-11-9-29(10-12-30)22-20(26)3-2-4-21(22)28-23(31)18-13-19(25)15-27-14-18/h2-8,13-15H,9-12H2,1H3,(H,28,31). The van der Waals surface area contributed by atoms with Gasteiger partial charge in [0.1, 0.15) is 0 Å². The van der Waals surface area contributed by atoms with E-state index >= 15 is 0 Å². The number of halogens is 2. The second kappa shape index (κ2) is 9.71. The quantitative estimate of drug-likeness (QED) is 0.532. The van der Waals surface area contributed by atoms with Crippen LogP contribution in [0, 0.1) is 6.92 Å². The van der Waals surface area contributed by atoms with E-state index in [9.17, 15) is 9.59 Å². The first-order valence-electron chi connectivity index (χ1n) is 10.2. The van der Waals surface area contributed by atoms with E-state index in [1.165, 1.54) is 6.20 Å². The number of carbonyl (C=O) groups is 2. The van der Waals surface area contributed by atoms with E-state index in [1.807, 2.05) is 42.2 Å². The number of hydrogen-bond donors (Lipinski definition) is 1. The predicted molar refractivity (Wildman–Crippen MR) is 131 cm³/mol. The molecule has 1 aliphatic rings. The molecule has 1 aliphatic heterocycles. The lowest BCUT2D eigenvalue weighted by Gasteiger charge is -2.37. The van der Waals surface area contributed by atoms with Crippen LogP contribution < -0.4 is 10.2 Å². The maximum Gasteiger partial charge on any atom is 0.257 e. The molecule has 164 valence electrons. The van der Waals surface area contributed by atoms with Gasteiger partial charge in [0.2, 0.25) is 0 Å². The number of piperazine rings is 1. The average molecular weight is 514 g/mol. The first-order chi connectivity index (χ1) is 15.4. The van der Waals surface area contributed by atoms with Gasteiger partial charge >= 0.3 is 0 Å². The molecular formula is C24H22BrClN4O2. The third-order valence-corrected chi connectivity index (χ3v) is 6.12. The highest BCUT2D eigenvalue weighted by Crippen LogP contribution is 2.35. The molecule has 1 fully saturated rings. The zero-order valence-electron chi connectivity index (χ0n) is 17.5. The van der Waals surface area contributed by atoms with Gasteiger partial charge in [-0.15, -0.1) is 0 Å². The minimum Gasteiger partial charge on any atom is -0.365 e. The highest BCUT2D eigenvalue weighted by Gasteiger charge is 2.25. The van der Waals surface area contributed by atoms with E-state index in [2.05, 4.69) is 31.1 Å². The van der Waals surface area contributed by atoms with E-state index in [4.69, 9.17) is 11.6 Å². The number of carbonyl (C=O) groups excluding carboxylic acids is 2. The number of nitrogens with one attached hydrogen (secondary N) is 1. The number of aryl methyl sites for hydroxylation is 1. The summed E-state index contributed by atoms with van der Waals surface area (Å²) < 4.78 is 0.728. The lowest BCUT2D eigenvalue weighted by molar-refractivity contribution is 0.0746. The monoisotopic (exact) mass is 512 g/mol. The molecule has 0 aliphatic carbocycles. The number of amides is 2. The molecule has 0 saturated carbocycles. The zero-order valence-corrected chi connectivity index (χ0v) is 19.9. The fraction of sp³-hybridized carbons (Fsp3) is 0.208. The smallest absolute Gasteiger partial charge is 0.257 e. The molecule has 6 nitrogen and oxygen atoms in total. The van der Waals surface area contributed by atoms with E-state index in [-0.39, 0.29) is 11.8 Å². The van der Waals surface area contributed by atoms with E-state index in [0.717, 1.165) is 15.7 Å². The van der Waals surface area contributed by atoms with Gasteiger partial charge in [-0.2, -0.15) is 0 Å². The lowest BCUT2D eigenvalue weighted by Crippen LogP contribution is -2.49. The molecule has 0 unspecified atom stereocenters. The van der Waals surface area contributed by atoms with Crippen molar-refractivity contribution in [2.24, 2.45) is 0 Å². The average Bonchev–Trinajstić information content (AvgIpc) is 2.79. The van der Waals surface area contributed by atoms with Crippen molar-refractivity contribution in [3.8, 4) is 0 Å². The number of para-hydroxylation sites is 1. The molecule has 1 aromatic heterocycles. The van der Waals surface area contributed by atoms with Crippen molar-refractivity contribution in [3.05, 3.63) is 87.1 Å². The Bertz CT molecular complexity index is 1140. The first kappa shape index (κ1) is 22.3. The Morgan fingerprint density at radius 2 is 1.72 bits per heavy atom. The van der Waals surface area contributed by atoms with Gasteiger partial charge in [-0.05, 0) is 53.2 Å². The van der Waals surface area contributed by atoms with Crippen molar-refractivity contribution in [1.82, 2.24) is 9.88 Å². The first-order valence-corrected chi connectivity index (χ1v) is 11.4. The topological polar surface area (TPSA) is 65.5 Å². The number of aromatic nitrogens is 1. The molecule has 0 atom stereocenters. The fourth-order valence-electron chi connectivity index (χ4n) is 3.68. The summed E-state index contributed by atoms with van der Waals surface area (Å²) in [6.45, 7) is 4.37. The highest BCUT2D eigenvalue weighted by atomic mass is 79.9. The fourth-order valence-corrected chi connectivity index (χ4v) is 4.34. The van der Waals surface area contributed by atoms with Gasteiger partial charge in [0.15, 0.2) is 0 Å². The van der Waals surface area contributed by atoms with Crippen molar-refractivity contribution in [2.75, 3.05) is 36.4 Å². The number of benzene rings is 2. The molecular weight excluding hydrogens is 492 g/mol. The van der Waals surface area contributed by atoms with Crippen molar-refractivity contribution in [2.45, 2.75) is 6.92 Å². The molecule has 0 radical (unpaired) electrons. The Morgan fingerprint density at radius 3 is 2.41 bits per heavy atom. The number of pyridine rings is 1. The van der Waals surface area contributed by atoms with Crippen LogP contribution in [-0.2, 0) is 0 Å². The third kappa shape index (κ3) is 4.95. The molecule has 1 N–H and O–H groups in total. The SMILES string of the molecule is Cc1ccc(C(=O)N2CCN(c3c(Cl)cccc3NC(=O)c3cncc(Br)c3)CC2)cc1. The molecule has 32 heavy (non-hydrogen) atoms. The van der Waals surface area contributed by atoms with Gasteiger partial charge < -0.3 is 15.1 Å². The van der Waals surface area contributed by atoms with Crippen LogP contribution in [0.1, 0.15) is 26.3 Å². The van der Waals surface area contributed by atoms with Crippen LogP contribution in [0.4, 0.5) is 11.4 Å². The van der Waals surface area contributed by atoms with E-state index < -0.39 is 0 Å². The van der Waals surface area contributed by atoms with Crippen LogP contribution in [0.3, 0.4) is 0 Å². The second-order valence-corrected chi connectivity index (χ2v) is 8.95. The largest absolute Gasteiger partial charge is 0.365 e. The molecule has 0 bridgehead atoms. The summed E-state index contributed by atoms with van der Waals surface area (Å²) in [7, 11) is 0. The number of nitrogens with zero attached hydrogens (tertiary/aromatic N) is 3. The summed E-state index contributed by atoms with van der Waals surface area (Å²) in [5, 5.41) is 3.50. The van der Waals surface area contributed by atoms with Gasteiger partial charge in [-0.1, -0.05) is 35.4 Å². The van der Waals surface area contributed by atoms with Gasteiger partial charge in [-0.25, -0.2) is 0 Å². The van der Waals surface area contributed by atoms with Gasteiger partial charge in [0, 0.05) is 48.6 Å². The maximum absolute atomic E-state index is 12.8. The Balaban J connectivity index is 1.48. The number of rotatable bonds is 4. The van der Waals surface area contributed by atoms with Gasteiger partial charge in [0.05, 0.1) is 22.0 Å². The summed E-state index contributed by atoms with van der Waals surface area (Å²) >= 11 is 9.87. The summed E-state index contributed by atoms with van der Waals surface area (Å²) in [5.41, 5.74) is 3.64. The third-order valence-electron chi connectivity index (χ3n) is 5.38. The molecule has 2 aromatic carbocycles. The number of hydrogen-bond acceptors (Lipinski definition) is 4. The zero-order chi connectivity index (χ0) is 22.7. The van der Waals surface area contributed by atoms with Gasteiger partial charge in [-0.3, -0.25) is 14.6 Å². The van der Waals surface area contributed by atoms with Crippen LogP contribution in [-0.4, -0.2) is 47.9 Å². The van der Waals surface area contributed by atoms with E-state index in [1.54, 1.807) is 24.4 Å². The van der Waals surface area contributed by atoms with E-state index in [0.29, 0.717) is 48.0 Å². The Hall–Kier alpha value is -2.90. The highest BCUT2D eigenvalue weighted by molar-refractivity contribution is 9.10. The summed E-state index contributed by atoms with van der Waals surface area (Å²) in [6.07, 6.45) is 3.14. The van der Waals surface area contributed by atoms with Gasteiger partial charge in [0.25, 0.3) is 11.8 Å². The van der Waals surface area contributed by atoms with Crippen molar-refractivity contribution >= 4 is 50.7 Å². The molecule has 2 amide bonds. The number of anilines is 2. The second-order valence-electron chi connectivity index (χ2n) is 7.63. The lowest BCUT2D eigenvalue weighted by atomic mass is 10.1. The predicted octanol–water partition coefficient (Wildman–Crippen LogP) is 5.02. The Kier molecular flexibility index (Phi) is 6.77. The van der Waals surface area contributed by atoms with Crippen LogP contribution in [0.15, 0.2) is 65.4 Å². The van der Waals surface area contributed by atoms with Crippen LogP contribution >= 0.6 is 27.5 Å². The summed E-state index contributed by atoms with van der Waals surface area (Å²) in [6, 6.07) is 14.8. The minimum atomic E-state index is -0.268. The van der Waals surface area contributed by atoms with Crippen molar-refractivity contribution < 1.29 is 9.59 Å². The molecule has 0 spiro atoms. The summed E-state index contributed by atoms with van der Waals surface area (Å²) in [4.78, 5) is 33.6. The summed E-state index contributed by atoms with van der Waals surface area (Å²) in [5.74, 6) is -0.241. The maximum atomic E-state index is 12.8. The molecule has 1 saturated heterocycles.